The number of fused-ring (bicyclic) bond motifs is 1. The minimum absolute atomic E-state index is 0.0167. The molecule has 3 aromatic carbocycles. The van der Waals surface area contributed by atoms with Gasteiger partial charge in [0.15, 0.2) is 0 Å². The van der Waals surface area contributed by atoms with Crippen LogP contribution < -0.4 is 9.21 Å². The summed E-state index contributed by atoms with van der Waals surface area (Å²) in [4.78, 5) is 15.2. The van der Waals surface area contributed by atoms with Crippen LogP contribution in [0.5, 0.6) is 0 Å². The Bertz CT molecular complexity index is 1120. The lowest BCUT2D eigenvalue weighted by atomic mass is 10.1. The van der Waals surface area contributed by atoms with Crippen molar-refractivity contribution in [2.45, 2.75) is 24.3 Å². The van der Waals surface area contributed by atoms with Crippen molar-refractivity contribution in [1.29, 1.82) is 0 Å². The predicted molar refractivity (Wildman–Crippen MR) is 115 cm³/mol. The molecule has 148 valence electrons. The Labute approximate surface area is 171 Å². The summed E-state index contributed by atoms with van der Waals surface area (Å²) in [6, 6.07) is 24.7. The van der Waals surface area contributed by atoms with Crippen LogP contribution in [0.1, 0.15) is 12.5 Å². The fourth-order valence-corrected chi connectivity index (χ4v) is 5.21. The summed E-state index contributed by atoms with van der Waals surface area (Å²) in [6.07, 6.45) is 0.763. The third kappa shape index (κ3) is 3.63. The normalized spacial score (nSPS) is 15.8. The first kappa shape index (κ1) is 19.2. The summed E-state index contributed by atoms with van der Waals surface area (Å²) in [6.45, 7) is 1.72. The number of rotatable bonds is 5. The second-order valence-corrected chi connectivity index (χ2v) is 8.97. The van der Waals surface area contributed by atoms with Gasteiger partial charge in [0.1, 0.15) is 6.54 Å². The number of hydrogen-bond donors (Lipinski definition) is 0. The molecule has 0 saturated carbocycles. The van der Waals surface area contributed by atoms with Crippen LogP contribution in [0.25, 0.3) is 0 Å². The predicted octanol–water partition coefficient (Wildman–Crippen LogP) is 3.86. The van der Waals surface area contributed by atoms with Gasteiger partial charge in [-0.15, -0.1) is 0 Å². The average molecular weight is 407 g/mol. The van der Waals surface area contributed by atoms with E-state index < -0.39 is 10.0 Å². The Morgan fingerprint density at radius 3 is 2.21 bits per heavy atom. The van der Waals surface area contributed by atoms with E-state index in [9.17, 15) is 13.2 Å². The molecule has 0 unspecified atom stereocenters. The van der Waals surface area contributed by atoms with Gasteiger partial charge in [-0.1, -0.05) is 54.6 Å². The first-order valence-electron chi connectivity index (χ1n) is 9.51. The molecule has 5 nitrogen and oxygen atoms in total. The van der Waals surface area contributed by atoms with Crippen molar-refractivity contribution in [3.05, 3.63) is 90.5 Å². The molecular formula is C23H22N2O3S. The van der Waals surface area contributed by atoms with Crippen LogP contribution in [-0.2, 0) is 21.2 Å². The molecule has 0 fully saturated rings. The highest BCUT2D eigenvalue weighted by Crippen LogP contribution is 2.32. The quantitative estimate of drug-likeness (QED) is 0.647. The van der Waals surface area contributed by atoms with Crippen molar-refractivity contribution in [3.63, 3.8) is 0 Å². The number of nitrogens with zero attached hydrogens (tertiary/aromatic N) is 2. The van der Waals surface area contributed by atoms with Gasteiger partial charge in [0.25, 0.3) is 10.0 Å². The number of benzene rings is 3. The Balaban J connectivity index is 1.71. The van der Waals surface area contributed by atoms with Gasteiger partial charge >= 0.3 is 0 Å². The molecule has 0 N–H and O–H groups in total. The lowest BCUT2D eigenvalue weighted by Gasteiger charge is -2.28. The average Bonchev–Trinajstić information content (AvgIpc) is 3.08. The second-order valence-electron chi connectivity index (χ2n) is 7.11. The van der Waals surface area contributed by atoms with Crippen LogP contribution in [0, 0.1) is 0 Å². The summed E-state index contributed by atoms with van der Waals surface area (Å²) >= 11 is 0. The number of sulfonamides is 1. The van der Waals surface area contributed by atoms with Crippen molar-refractivity contribution in [1.82, 2.24) is 0 Å². The van der Waals surface area contributed by atoms with Gasteiger partial charge in [0, 0.05) is 11.7 Å². The van der Waals surface area contributed by atoms with E-state index in [1.807, 2.05) is 37.3 Å². The maximum Gasteiger partial charge on any atom is 0.264 e. The molecule has 1 heterocycles. The van der Waals surface area contributed by atoms with Crippen LogP contribution in [-0.4, -0.2) is 26.9 Å². The monoisotopic (exact) mass is 406 g/mol. The molecule has 0 saturated heterocycles. The van der Waals surface area contributed by atoms with Crippen molar-refractivity contribution >= 4 is 27.3 Å². The molecule has 0 aromatic heterocycles. The number of hydrogen-bond acceptors (Lipinski definition) is 3. The molecule has 0 radical (unpaired) electrons. The van der Waals surface area contributed by atoms with Crippen LogP contribution >= 0.6 is 0 Å². The molecule has 0 aliphatic carbocycles. The molecule has 1 aliphatic rings. The molecule has 6 heteroatoms. The minimum atomic E-state index is -3.89. The summed E-state index contributed by atoms with van der Waals surface area (Å²) in [5, 5.41) is 0. The van der Waals surface area contributed by atoms with Crippen molar-refractivity contribution in [2.24, 2.45) is 0 Å². The first-order chi connectivity index (χ1) is 14.0. The summed E-state index contributed by atoms with van der Waals surface area (Å²) < 4.78 is 27.9. The third-order valence-electron chi connectivity index (χ3n) is 5.13. The zero-order chi connectivity index (χ0) is 20.4. The molecule has 0 spiro atoms. The molecule has 29 heavy (non-hydrogen) atoms. The molecule has 4 rings (SSSR count). The van der Waals surface area contributed by atoms with Gasteiger partial charge in [-0.2, -0.15) is 0 Å². The molecule has 1 aliphatic heterocycles. The maximum atomic E-state index is 13.4. The van der Waals surface area contributed by atoms with Crippen LogP contribution in [0.3, 0.4) is 0 Å². The van der Waals surface area contributed by atoms with Crippen LogP contribution in [0.2, 0.25) is 0 Å². The fourth-order valence-electron chi connectivity index (χ4n) is 3.77. The standard InChI is InChI=1S/C23H22N2O3S/c1-18-16-19-10-8-9-15-22(19)25(18)23(26)17-24(20-11-4-2-5-12-20)29(27,28)21-13-6-3-7-14-21/h2-15,18H,16-17H2,1H3/t18-/m1/s1. The first-order valence-corrected chi connectivity index (χ1v) is 11.0. The number of para-hydroxylation sites is 2. The topological polar surface area (TPSA) is 57.7 Å². The van der Waals surface area contributed by atoms with Gasteiger partial charge < -0.3 is 4.90 Å². The third-order valence-corrected chi connectivity index (χ3v) is 6.92. The van der Waals surface area contributed by atoms with E-state index >= 15 is 0 Å². The number of carbonyl (C=O) groups is 1. The number of carbonyl (C=O) groups excluding carboxylic acids is 1. The van der Waals surface area contributed by atoms with E-state index in [0.717, 1.165) is 17.7 Å². The highest BCUT2D eigenvalue weighted by Gasteiger charge is 2.34. The minimum Gasteiger partial charge on any atom is -0.307 e. The van der Waals surface area contributed by atoms with E-state index in [0.29, 0.717) is 5.69 Å². The van der Waals surface area contributed by atoms with E-state index in [-0.39, 0.29) is 23.4 Å². The van der Waals surface area contributed by atoms with Crippen LogP contribution in [0.4, 0.5) is 11.4 Å². The van der Waals surface area contributed by atoms with Crippen molar-refractivity contribution in [2.75, 3.05) is 15.7 Å². The summed E-state index contributed by atoms with van der Waals surface area (Å²) in [5.74, 6) is -0.245. The molecule has 3 aromatic rings. The highest BCUT2D eigenvalue weighted by atomic mass is 32.2. The fraction of sp³-hybridized carbons (Fsp3) is 0.174. The van der Waals surface area contributed by atoms with Gasteiger partial charge in [-0.3, -0.25) is 9.10 Å². The second kappa shape index (κ2) is 7.72. The smallest absolute Gasteiger partial charge is 0.264 e. The summed E-state index contributed by atoms with van der Waals surface area (Å²) in [5.41, 5.74) is 2.42. The molecule has 1 atom stereocenters. The maximum absolute atomic E-state index is 13.4. The molecular weight excluding hydrogens is 384 g/mol. The Kier molecular flexibility index (Phi) is 5.11. The zero-order valence-electron chi connectivity index (χ0n) is 16.1. The van der Waals surface area contributed by atoms with E-state index in [4.69, 9.17) is 0 Å². The van der Waals surface area contributed by atoms with Gasteiger partial charge in [0.05, 0.1) is 10.6 Å². The van der Waals surface area contributed by atoms with Crippen LogP contribution in [0.15, 0.2) is 89.8 Å². The summed E-state index contributed by atoms with van der Waals surface area (Å²) in [7, 11) is -3.89. The van der Waals surface area contributed by atoms with Gasteiger partial charge in [-0.25, -0.2) is 8.42 Å². The lowest BCUT2D eigenvalue weighted by Crippen LogP contribution is -2.45. The SMILES string of the molecule is C[C@@H]1Cc2ccccc2N1C(=O)CN(c1ccccc1)S(=O)(=O)c1ccccc1. The zero-order valence-corrected chi connectivity index (χ0v) is 16.9. The van der Waals surface area contributed by atoms with Crippen molar-refractivity contribution < 1.29 is 13.2 Å². The highest BCUT2D eigenvalue weighted by molar-refractivity contribution is 7.92. The van der Waals surface area contributed by atoms with E-state index in [1.54, 1.807) is 59.5 Å². The number of anilines is 2. The van der Waals surface area contributed by atoms with Crippen molar-refractivity contribution in [3.8, 4) is 0 Å². The lowest BCUT2D eigenvalue weighted by molar-refractivity contribution is -0.117. The van der Waals surface area contributed by atoms with E-state index in [1.165, 1.54) is 4.31 Å². The van der Waals surface area contributed by atoms with E-state index in [2.05, 4.69) is 0 Å². The van der Waals surface area contributed by atoms with Gasteiger partial charge in [-0.05, 0) is 49.2 Å². The Morgan fingerprint density at radius 1 is 0.931 bits per heavy atom. The molecule has 1 amide bonds. The Hall–Kier alpha value is -3.12. The largest absolute Gasteiger partial charge is 0.307 e. The molecule has 0 bridgehead atoms. The van der Waals surface area contributed by atoms with Gasteiger partial charge in [0.2, 0.25) is 5.91 Å². The number of amides is 1. The Morgan fingerprint density at radius 2 is 1.52 bits per heavy atom.